The van der Waals surface area contributed by atoms with Gasteiger partial charge in [-0.05, 0) is 63.1 Å². The predicted octanol–water partition coefficient (Wildman–Crippen LogP) is 5.37. The fourth-order valence-electron chi connectivity index (χ4n) is 5.27. The van der Waals surface area contributed by atoms with Gasteiger partial charge < -0.3 is 10.0 Å². The number of anilines is 2. The number of carbonyl (C=O) groups is 1. The maximum Gasteiger partial charge on any atom is 0.355 e. The van der Waals surface area contributed by atoms with Crippen LogP contribution in [0.4, 0.5) is 11.6 Å². The monoisotopic (exact) mass is 480 g/mol. The van der Waals surface area contributed by atoms with Crippen LogP contribution in [0, 0.1) is 19.8 Å². The molecule has 0 aromatic carbocycles. The maximum absolute atomic E-state index is 12.3. The summed E-state index contributed by atoms with van der Waals surface area (Å²) < 4.78 is 2.02. The van der Waals surface area contributed by atoms with Gasteiger partial charge in [0.25, 0.3) is 0 Å². The van der Waals surface area contributed by atoms with Gasteiger partial charge in [-0.3, -0.25) is 4.68 Å². The largest absolute Gasteiger partial charge is 0.476 e. The standard InChI is InChI=1S/C25H29ClN6O2/c1-15-18-9-6-12-31(24(18)30-29-23(15)26)21-11-10-19(22(28-21)25(33)34)20-13-27-32(16(20)2)14-17-7-4-3-5-8-17/h10-11,13,17H,3-9,12,14H2,1-2H3,(H,33,34). The fraction of sp³-hybridized carbons (Fsp3) is 0.480. The summed E-state index contributed by atoms with van der Waals surface area (Å²) >= 11 is 6.18. The van der Waals surface area contributed by atoms with Gasteiger partial charge in [0.1, 0.15) is 5.82 Å². The van der Waals surface area contributed by atoms with E-state index in [4.69, 9.17) is 11.6 Å². The fourth-order valence-corrected chi connectivity index (χ4v) is 5.42. The first-order valence-electron chi connectivity index (χ1n) is 12.0. The summed E-state index contributed by atoms with van der Waals surface area (Å²) in [4.78, 5) is 18.8. The molecule has 2 aliphatic rings. The average Bonchev–Trinajstić information content (AvgIpc) is 3.21. The molecule has 1 N–H and O–H groups in total. The van der Waals surface area contributed by atoms with Gasteiger partial charge in [0, 0.05) is 35.5 Å². The number of hydrogen-bond acceptors (Lipinski definition) is 6. The number of carboxylic acids is 1. The molecule has 3 aromatic rings. The summed E-state index contributed by atoms with van der Waals surface area (Å²) in [7, 11) is 0. The number of halogens is 1. The lowest BCUT2D eigenvalue weighted by molar-refractivity contribution is 0.0691. The van der Waals surface area contributed by atoms with Crippen molar-refractivity contribution >= 4 is 29.2 Å². The first-order chi connectivity index (χ1) is 16.4. The highest BCUT2D eigenvalue weighted by atomic mass is 35.5. The molecule has 1 aliphatic heterocycles. The molecule has 9 heteroatoms. The molecule has 0 unspecified atom stereocenters. The van der Waals surface area contributed by atoms with Crippen LogP contribution < -0.4 is 4.90 Å². The minimum Gasteiger partial charge on any atom is -0.476 e. The Hall–Kier alpha value is -3.00. The Kier molecular flexibility index (Phi) is 6.25. The van der Waals surface area contributed by atoms with Crippen molar-refractivity contribution in [2.24, 2.45) is 5.92 Å². The van der Waals surface area contributed by atoms with Crippen LogP contribution in [0.3, 0.4) is 0 Å². The van der Waals surface area contributed by atoms with Crippen LogP contribution >= 0.6 is 11.6 Å². The van der Waals surface area contributed by atoms with Crippen molar-refractivity contribution in [3.8, 4) is 11.1 Å². The Labute approximate surface area is 204 Å². The maximum atomic E-state index is 12.3. The zero-order valence-corrected chi connectivity index (χ0v) is 20.3. The number of aromatic nitrogens is 5. The van der Waals surface area contributed by atoms with Crippen molar-refractivity contribution in [3.05, 3.63) is 46.0 Å². The molecule has 178 valence electrons. The highest BCUT2D eigenvalue weighted by Crippen LogP contribution is 2.36. The van der Waals surface area contributed by atoms with Gasteiger partial charge in [0.15, 0.2) is 16.7 Å². The molecule has 3 aromatic heterocycles. The van der Waals surface area contributed by atoms with E-state index in [1.807, 2.05) is 35.6 Å². The molecule has 1 aliphatic carbocycles. The van der Waals surface area contributed by atoms with E-state index in [1.165, 1.54) is 32.1 Å². The SMILES string of the molecule is Cc1c(Cl)nnc2c1CCCN2c1ccc(-c2cnn(CC3CCCCC3)c2C)c(C(=O)O)n1. The van der Waals surface area contributed by atoms with E-state index >= 15 is 0 Å². The summed E-state index contributed by atoms with van der Waals surface area (Å²) in [6.45, 7) is 5.51. The summed E-state index contributed by atoms with van der Waals surface area (Å²) in [5, 5.41) is 23.4. The van der Waals surface area contributed by atoms with E-state index in [-0.39, 0.29) is 5.69 Å². The molecule has 5 rings (SSSR count). The van der Waals surface area contributed by atoms with E-state index in [1.54, 1.807) is 6.20 Å². The number of fused-ring (bicyclic) bond motifs is 1. The molecular weight excluding hydrogens is 452 g/mol. The predicted molar refractivity (Wildman–Crippen MR) is 131 cm³/mol. The minimum absolute atomic E-state index is 0.0172. The van der Waals surface area contributed by atoms with E-state index < -0.39 is 5.97 Å². The van der Waals surface area contributed by atoms with E-state index in [0.717, 1.165) is 41.8 Å². The molecule has 1 saturated carbocycles. The topological polar surface area (TPSA) is 97.0 Å². The zero-order valence-electron chi connectivity index (χ0n) is 19.6. The molecule has 0 saturated heterocycles. The van der Waals surface area contributed by atoms with Crippen LogP contribution in [0.1, 0.15) is 65.8 Å². The zero-order chi connectivity index (χ0) is 23.8. The molecule has 1 fully saturated rings. The molecule has 0 spiro atoms. The number of carboxylic acid groups (broad SMARTS) is 1. The second kappa shape index (κ2) is 9.33. The Morgan fingerprint density at radius 3 is 2.68 bits per heavy atom. The van der Waals surface area contributed by atoms with Gasteiger partial charge >= 0.3 is 5.97 Å². The number of aromatic carboxylic acids is 1. The highest BCUT2D eigenvalue weighted by molar-refractivity contribution is 6.30. The summed E-state index contributed by atoms with van der Waals surface area (Å²) in [5.74, 6) is 0.815. The smallest absolute Gasteiger partial charge is 0.355 e. The molecule has 0 radical (unpaired) electrons. The third-order valence-corrected chi connectivity index (χ3v) is 7.60. The average molecular weight is 481 g/mol. The number of nitrogens with zero attached hydrogens (tertiary/aromatic N) is 6. The molecular formula is C25H29ClN6O2. The first-order valence-corrected chi connectivity index (χ1v) is 12.4. The summed E-state index contributed by atoms with van der Waals surface area (Å²) in [6.07, 6.45) is 9.87. The Bertz CT molecular complexity index is 1230. The van der Waals surface area contributed by atoms with Crippen LogP contribution in [0.2, 0.25) is 5.15 Å². The van der Waals surface area contributed by atoms with Crippen LogP contribution in [-0.2, 0) is 13.0 Å². The Balaban J connectivity index is 1.49. The molecule has 8 nitrogen and oxygen atoms in total. The van der Waals surface area contributed by atoms with Crippen molar-refractivity contribution < 1.29 is 9.90 Å². The van der Waals surface area contributed by atoms with Gasteiger partial charge in [0.2, 0.25) is 0 Å². The molecule has 0 bridgehead atoms. The van der Waals surface area contributed by atoms with Gasteiger partial charge in [0.05, 0.1) is 6.20 Å². The van der Waals surface area contributed by atoms with Crippen LogP contribution in [0.15, 0.2) is 18.3 Å². The van der Waals surface area contributed by atoms with Gasteiger partial charge in [-0.1, -0.05) is 30.9 Å². The normalized spacial score (nSPS) is 16.5. The van der Waals surface area contributed by atoms with Crippen molar-refractivity contribution in [2.45, 2.75) is 65.3 Å². The summed E-state index contributed by atoms with van der Waals surface area (Å²) in [6, 6.07) is 3.70. The first kappa shape index (κ1) is 22.8. The van der Waals surface area contributed by atoms with Crippen LogP contribution in [0.25, 0.3) is 11.1 Å². The van der Waals surface area contributed by atoms with E-state index in [0.29, 0.717) is 34.8 Å². The summed E-state index contributed by atoms with van der Waals surface area (Å²) in [5.41, 5.74) is 4.33. The third-order valence-electron chi connectivity index (χ3n) is 7.24. The van der Waals surface area contributed by atoms with Crippen molar-refractivity contribution in [3.63, 3.8) is 0 Å². The number of rotatable bonds is 5. The number of hydrogen-bond donors (Lipinski definition) is 1. The lowest BCUT2D eigenvalue weighted by atomic mass is 9.89. The Morgan fingerprint density at radius 1 is 1.12 bits per heavy atom. The quantitative estimate of drug-likeness (QED) is 0.524. The van der Waals surface area contributed by atoms with Gasteiger partial charge in [-0.2, -0.15) is 5.10 Å². The van der Waals surface area contributed by atoms with Crippen molar-refractivity contribution in [1.82, 2.24) is 25.0 Å². The van der Waals surface area contributed by atoms with Crippen molar-refractivity contribution in [2.75, 3.05) is 11.4 Å². The van der Waals surface area contributed by atoms with E-state index in [2.05, 4.69) is 20.3 Å². The lowest BCUT2D eigenvalue weighted by Gasteiger charge is -2.30. The van der Waals surface area contributed by atoms with Crippen LogP contribution in [-0.4, -0.2) is 42.6 Å². The van der Waals surface area contributed by atoms with Crippen LogP contribution in [0.5, 0.6) is 0 Å². The molecule has 0 amide bonds. The second-order valence-electron chi connectivity index (χ2n) is 9.37. The van der Waals surface area contributed by atoms with Gasteiger partial charge in [-0.15, -0.1) is 10.2 Å². The second-order valence-corrected chi connectivity index (χ2v) is 9.73. The Morgan fingerprint density at radius 2 is 1.91 bits per heavy atom. The van der Waals surface area contributed by atoms with E-state index in [9.17, 15) is 9.90 Å². The number of pyridine rings is 1. The minimum atomic E-state index is -1.06. The lowest BCUT2D eigenvalue weighted by Crippen LogP contribution is -2.28. The molecule has 0 atom stereocenters. The van der Waals surface area contributed by atoms with Gasteiger partial charge in [-0.25, -0.2) is 9.78 Å². The third kappa shape index (κ3) is 4.15. The highest BCUT2D eigenvalue weighted by Gasteiger charge is 2.27. The molecule has 34 heavy (non-hydrogen) atoms. The van der Waals surface area contributed by atoms with Crippen molar-refractivity contribution in [1.29, 1.82) is 0 Å². The molecule has 4 heterocycles.